The Balaban J connectivity index is 4.00. The SMILES string of the molecule is CCC(C)=CCC(C)(S)CC=CCS. The van der Waals surface area contributed by atoms with Crippen LogP contribution in [-0.4, -0.2) is 10.5 Å². The van der Waals surface area contributed by atoms with Gasteiger partial charge in [0.25, 0.3) is 0 Å². The van der Waals surface area contributed by atoms with Crippen LogP contribution in [0.1, 0.15) is 40.0 Å². The highest BCUT2D eigenvalue weighted by molar-refractivity contribution is 7.81. The smallest absolute Gasteiger partial charge is 0.0170 e. The molecule has 0 N–H and O–H groups in total. The first-order valence-corrected chi connectivity index (χ1v) is 6.23. The van der Waals surface area contributed by atoms with Crippen LogP contribution in [0.15, 0.2) is 23.8 Å². The van der Waals surface area contributed by atoms with Gasteiger partial charge in [0.15, 0.2) is 0 Å². The van der Waals surface area contributed by atoms with Crippen molar-refractivity contribution in [3.05, 3.63) is 23.8 Å². The Bertz CT molecular complexity index is 202. The highest BCUT2D eigenvalue weighted by atomic mass is 32.1. The van der Waals surface area contributed by atoms with Crippen molar-refractivity contribution in [2.75, 3.05) is 5.75 Å². The summed E-state index contributed by atoms with van der Waals surface area (Å²) in [6.45, 7) is 6.54. The Labute approximate surface area is 99.7 Å². The summed E-state index contributed by atoms with van der Waals surface area (Å²) in [5.74, 6) is 0.813. The molecule has 0 spiro atoms. The molecule has 1 atom stereocenters. The molecule has 0 aliphatic rings. The molecule has 14 heavy (non-hydrogen) atoms. The van der Waals surface area contributed by atoms with Crippen molar-refractivity contribution < 1.29 is 0 Å². The van der Waals surface area contributed by atoms with Crippen LogP contribution in [-0.2, 0) is 0 Å². The van der Waals surface area contributed by atoms with Crippen LogP contribution >= 0.6 is 25.3 Å². The quantitative estimate of drug-likeness (QED) is 0.493. The fraction of sp³-hybridized carbons (Fsp3) is 0.667. The van der Waals surface area contributed by atoms with Gasteiger partial charge in [0.2, 0.25) is 0 Å². The maximum absolute atomic E-state index is 4.65. The molecule has 0 amide bonds. The third kappa shape index (κ3) is 7.57. The van der Waals surface area contributed by atoms with E-state index in [1.807, 2.05) is 0 Å². The lowest BCUT2D eigenvalue weighted by molar-refractivity contribution is 0.665. The Morgan fingerprint density at radius 1 is 1.29 bits per heavy atom. The maximum Gasteiger partial charge on any atom is 0.0170 e. The Morgan fingerprint density at radius 2 is 1.93 bits per heavy atom. The molecule has 0 fully saturated rings. The second-order valence-corrected chi connectivity index (χ2v) is 5.41. The minimum atomic E-state index is 0.0792. The minimum Gasteiger partial charge on any atom is -0.175 e. The van der Waals surface area contributed by atoms with E-state index in [9.17, 15) is 0 Å². The molecule has 0 heterocycles. The molecule has 0 aromatic rings. The van der Waals surface area contributed by atoms with Gasteiger partial charge in [-0.25, -0.2) is 0 Å². The van der Waals surface area contributed by atoms with Crippen LogP contribution in [0.2, 0.25) is 0 Å². The number of hydrogen-bond acceptors (Lipinski definition) is 2. The molecule has 0 rings (SSSR count). The van der Waals surface area contributed by atoms with Gasteiger partial charge in [0, 0.05) is 10.5 Å². The largest absolute Gasteiger partial charge is 0.175 e. The fourth-order valence-electron chi connectivity index (χ4n) is 1.03. The molecular formula is C12H22S2. The summed E-state index contributed by atoms with van der Waals surface area (Å²) >= 11 is 8.78. The molecule has 0 aliphatic carbocycles. The summed E-state index contributed by atoms with van der Waals surface area (Å²) in [5.41, 5.74) is 1.45. The summed E-state index contributed by atoms with van der Waals surface area (Å²) in [6.07, 6.45) is 9.71. The summed E-state index contributed by atoms with van der Waals surface area (Å²) < 4.78 is 0.0792. The van der Waals surface area contributed by atoms with Gasteiger partial charge in [-0.1, -0.05) is 37.6 Å². The first kappa shape index (κ1) is 14.2. The van der Waals surface area contributed by atoms with Gasteiger partial charge in [0.1, 0.15) is 0 Å². The topological polar surface area (TPSA) is 0 Å². The Hall–Kier alpha value is 0.180. The standard InChI is InChI=1S/C12H22S2/c1-4-11(2)7-9-12(3,14)8-5-6-10-13/h5-7,13-14H,4,8-10H2,1-3H3. The average molecular weight is 230 g/mol. The highest BCUT2D eigenvalue weighted by Gasteiger charge is 2.14. The van der Waals surface area contributed by atoms with Gasteiger partial charge in [0.05, 0.1) is 0 Å². The van der Waals surface area contributed by atoms with Crippen LogP contribution < -0.4 is 0 Å². The van der Waals surface area contributed by atoms with E-state index >= 15 is 0 Å². The average Bonchev–Trinajstić information content (AvgIpc) is 2.14. The molecule has 2 heteroatoms. The van der Waals surface area contributed by atoms with Gasteiger partial charge >= 0.3 is 0 Å². The molecule has 82 valence electrons. The normalized spacial score (nSPS) is 17.4. The summed E-state index contributed by atoms with van der Waals surface area (Å²) in [4.78, 5) is 0. The third-order valence-corrected chi connectivity index (χ3v) is 2.85. The first-order valence-electron chi connectivity index (χ1n) is 5.15. The van der Waals surface area contributed by atoms with Gasteiger partial charge in [-0.05, 0) is 26.2 Å². The zero-order valence-electron chi connectivity index (χ0n) is 9.45. The molecular weight excluding hydrogens is 208 g/mol. The number of rotatable bonds is 6. The maximum atomic E-state index is 4.65. The second kappa shape index (κ2) is 7.47. The van der Waals surface area contributed by atoms with E-state index in [4.69, 9.17) is 0 Å². The van der Waals surface area contributed by atoms with Crippen LogP contribution in [0.4, 0.5) is 0 Å². The molecule has 0 saturated carbocycles. The first-order chi connectivity index (χ1) is 6.52. The molecule has 0 aliphatic heterocycles. The van der Waals surface area contributed by atoms with Crippen molar-refractivity contribution in [2.45, 2.75) is 44.8 Å². The summed E-state index contributed by atoms with van der Waals surface area (Å²) in [7, 11) is 0. The number of thiol groups is 2. The van der Waals surface area contributed by atoms with E-state index in [2.05, 4.69) is 64.3 Å². The lowest BCUT2D eigenvalue weighted by Crippen LogP contribution is -2.13. The van der Waals surface area contributed by atoms with Crippen LogP contribution in [0, 0.1) is 0 Å². The van der Waals surface area contributed by atoms with E-state index in [1.165, 1.54) is 5.57 Å². The minimum absolute atomic E-state index is 0.0792. The number of hydrogen-bond donors (Lipinski definition) is 2. The van der Waals surface area contributed by atoms with E-state index in [0.717, 1.165) is 25.0 Å². The monoisotopic (exact) mass is 230 g/mol. The van der Waals surface area contributed by atoms with Gasteiger partial charge in [-0.2, -0.15) is 25.3 Å². The molecule has 0 saturated heterocycles. The summed E-state index contributed by atoms with van der Waals surface area (Å²) in [6, 6.07) is 0. The number of allylic oxidation sites excluding steroid dienone is 3. The van der Waals surface area contributed by atoms with Crippen molar-refractivity contribution in [2.24, 2.45) is 0 Å². The second-order valence-electron chi connectivity index (χ2n) is 3.96. The van der Waals surface area contributed by atoms with Crippen molar-refractivity contribution >= 4 is 25.3 Å². The van der Waals surface area contributed by atoms with Gasteiger partial charge < -0.3 is 0 Å². The Kier molecular flexibility index (Phi) is 7.56. The molecule has 1 unspecified atom stereocenters. The van der Waals surface area contributed by atoms with Crippen molar-refractivity contribution in [1.29, 1.82) is 0 Å². The van der Waals surface area contributed by atoms with Crippen molar-refractivity contribution in [3.63, 3.8) is 0 Å². The molecule has 0 aromatic carbocycles. The van der Waals surface area contributed by atoms with E-state index in [-0.39, 0.29) is 4.75 Å². The summed E-state index contributed by atoms with van der Waals surface area (Å²) in [5, 5.41) is 0. The van der Waals surface area contributed by atoms with Crippen molar-refractivity contribution in [3.8, 4) is 0 Å². The van der Waals surface area contributed by atoms with Gasteiger partial charge in [-0.3, -0.25) is 0 Å². The van der Waals surface area contributed by atoms with Crippen LogP contribution in [0.5, 0.6) is 0 Å². The van der Waals surface area contributed by atoms with E-state index in [0.29, 0.717) is 0 Å². The van der Waals surface area contributed by atoms with Crippen molar-refractivity contribution in [1.82, 2.24) is 0 Å². The molecule has 0 aromatic heterocycles. The Morgan fingerprint density at radius 3 is 2.43 bits per heavy atom. The zero-order chi connectivity index (χ0) is 11.0. The predicted octanol–water partition coefficient (Wildman–Crippen LogP) is 4.30. The highest BCUT2D eigenvalue weighted by Crippen LogP contribution is 2.25. The fourth-order valence-corrected chi connectivity index (χ4v) is 1.38. The lowest BCUT2D eigenvalue weighted by Gasteiger charge is -2.20. The van der Waals surface area contributed by atoms with E-state index in [1.54, 1.807) is 0 Å². The zero-order valence-corrected chi connectivity index (χ0v) is 11.2. The lowest BCUT2D eigenvalue weighted by atomic mass is 10.0. The molecule has 0 nitrogen and oxygen atoms in total. The third-order valence-electron chi connectivity index (χ3n) is 2.28. The van der Waals surface area contributed by atoms with E-state index < -0.39 is 0 Å². The van der Waals surface area contributed by atoms with Gasteiger partial charge in [-0.15, -0.1) is 0 Å². The predicted molar refractivity (Wildman–Crippen MR) is 73.7 cm³/mol. The van der Waals surface area contributed by atoms with Crippen LogP contribution in [0.25, 0.3) is 0 Å². The molecule has 0 radical (unpaired) electrons. The van der Waals surface area contributed by atoms with Crippen LogP contribution in [0.3, 0.4) is 0 Å². The molecule has 0 bridgehead atoms.